The molecule has 1 aromatic rings. The molecule has 1 aliphatic heterocycles. The summed E-state index contributed by atoms with van der Waals surface area (Å²) in [6.45, 7) is 3.74. The second kappa shape index (κ2) is 6.21. The average molecular weight is 291 g/mol. The summed E-state index contributed by atoms with van der Waals surface area (Å²) in [5.41, 5.74) is 7.27. The molecule has 1 aromatic carbocycles. The van der Waals surface area contributed by atoms with Crippen molar-refractivity contribution >= 4 is 11.9 Å². The zero-order valence-corrected chi connectivity index (χ0v) is 11.7. The van der Waals surface area contributed by atoms with Gasteiger partial charge in [-0.1, -0.05) is 17.7 Å². The molecule has 0 bridgehead atoms. The van der Waals surface area contributed by atoms with Crippen molar-refractivity contribution in [2.75, 3.05) is 26.2 Å². The Morgan fingerprint density at radius 1 is 1.19 bits per heavy atom. The Hall–Kier alpha value is -2.64. The van der Waals surface area contributed by atoms with Crippen LogP contribution in [0.3, 0.4) is 0 Å². The van der Waals surface area contributed by atoms with Crippen LogP contribution in [0.4, 0.5) is 0 Å². The number of guanidine groups is 1. The van der Waals surface area contributed by atoms with Gasteiger partial charge >= 0.3 is 0 Å². The Balaban J connectivity index is 1.96. The maximum Gasteiger partial charge on any atom is 0.268 e. The quantitative estimate of drug-likeness (QED) is 0.364. The Morgan fingerprint density at radius 2 is 1.71 bits per heavy atom. The number of nitro groups is 1. The Morgan fingerprint density at radius 3 is 2.24 bits per heavy atom. The number of nitrogens with zero attached hydrogens (tertiary/aromatic N) is 4. The molecule has 0 aromatic heterocycles. The van der Waals surface area contributed by atoms with Crippen LogP contribution in [0.15, 0.2) is 29.4 Å². The zero-order chi connectivity index (χ0) is 15.4. The number of aryl methyl sites for hydroxylation is 1. The van der Waals surface area contributed by atoms with Crippen LogP contribution in [-0.4, -0.2) is 52.9 Å². The van der Waals surface area contributed by atoms with Gasteiger partial charge in [0.05, 0.1) is 0 Å². The van der Waals surface area contributed by atoms with Crippen LogP contribution in [-0.2, 0) is 0 Å². The minimum Gasteiger partial charge on any atom is -0.365 e. The molecule has 2 N–H and O–H groups in total. The lowest BCUT2D eigenvalue weighted by molar-refractivity contribution is -0.485. The van der Waals surface area contributed by atoms with Gasteiger partial charge < -0.3 is 15.5 Å². The van der Waals surface area contributed by atoms with E-state index in [0.717, 1.165) is 5.56 Å². The van der Waals surface area contributed by atoms with E-state index >= 15 is 0 Å². The molecule has 0 saturated carbocycles. The van der Waals surface area contributed by atoms with E-state index in [2.05, 4.69) is 5.10 Å². The highest BCUT2D eigenvalue weighted by Crippen LogP contribution is 2.10. The summed E-state index contributed by atoms with van der Waals surface area (Å²) in [5.74, 6) is -0.165. The molecule has 1 amide bonds. The van der Waals surface area contributed by atoms with Gasteiger partial charge in [-0.2, -0.15) is 0 Å². The molecule has 1 aliphatic rings. The summed E-state index contributed by atoms with van der Waals surface area (Å²) >= 11 is 0. The largest absolute Gasteiger partial charge is 0.365 e. The number of rotatable bonds is 2. The lowest BCUT2D eigenvalue weighted by Crippen LogP contribution is -2.52. The molecule has 0 atom stereocenters. The normalized spacial score (nSPS) is 16.0. The first kappa shape index (κ1) is 14.8. The number of benzene rings is 1. The third kappa shape index (κ3) is 3.68. The minimum atomic E-state index is -0.820. The fourth-order valence-corrected chi connectivity index (χ4v) is 2.16. The third-order valence-electron chi connectivity index (χ3n) is 3.37. The topological polar surface area (TPSA) is 105 Å². The molecule has 112 valence electrons. The molecule has 8 heteroatoms. The number of piperazine rings is 1. The highest BCUT2D eigenvalue weighted by molar-refractivity contribution is 5.94. The SMILES string of the molecule is Cc1ccc(C(=O)N2CCN(/C(N)=N\[N+](=O)[O-])CC2)cc1. The van der Waals surface area contributed by atoms with E-state index in [0.29, 0.717) is 31.7 Å². The fourth-order valence-electron chi connectivity index (χ4n) is 2.16. The van der Waals surface area contributed by atoms with Crippen molar-refractivity contribution in [2.24, 2.45) is 10.8 Å². The van der Waals surface area contributed by atoms with Crippen LogP contribution in [0.2, 0.25) is 0 Å². The highest BCUT2D eigenvalue weighted by Gasteiger charge is 2.24. The number of amides is 1. The van der Waals surface area contributed by atoms with Gasteiger partial charge in [0.2, 0.25) is 0 Å². The molecule has 1 heterocycles. The number of hydrazone groups is 1. The van der Waals surface area contributed by atoms with Crippen molar-refractivity contribution in [1.82, 2.24) is 9.80 Å². The first-order chi connectivity index (χ1) is 9.97. The van der Waals surface area contributed by atoms with Gasteiger partial charge in [0.25, 0.3) is 11.9 Å². The molecule has 2 rings (SSSR count). The van der Waals surface area contributed by atoms with Gasteiger partial charge in [0.15, 0.2) is 5.03 Å². The predicted molar refractivity (Wildman–Crippen MR) is 77.3 cm³/mol. The van der Waals surface area contributed by atoms with Crippen LogP contribution in [0.25, 0.3) is 0 Å². The number of carbonyl (C=O) groups excluding carboxylic acids is 1. The van der Waals surface area contributed by atoms with Gasteiger partial charge in [0.1, 0.15) is 5.10 Å². The van der Waals surface area contributed by atoms with Gasteiger partial charge in [-0.05, 0) is 19.1 Å². The Labute approximate surface area is 122 Å². The summed E-state index contributed by atoms with van der Waals surface area (Å²) in [5, 5.41) is 12.5. The summed E-state index contributed by atoms with van der Waals surface area (Å²) in [6.07, 6.45) is 0. The first-order valence-electron chi connectivity index (χ1n) is 6.57. The van der Waals surface area contributed by atoms with E-state index in [-0.39, 0.29) is 11.9 Å². The predicted octanol–water partition coefficient (Wildman–Crippen LogP) is 0.259. The van der Waals surface area contributed by atoms with Crippen LogP contribution in [0.1, 0.15) is 15.9 Å². The van der Waals surface area contributed by atoms with Crippen molar-refractivity contribution < 1.29 is 9.83 Å². The van der Waals surface area contributed by atoms with E-state index in [1.165, 1.54) is 0 Å². The smallest absolute Gasteiger partial charge is 0.268 e. The minimum absolute atomic E-state index is 0.0422. The lowest BCUT2D eigenvalue weighted by atomic mass is 10.1. The Kier molecular flexibility index (Phi) is 4.36. The lowest BCUT2D eigenvalue weighted by Gasteiger charge is -2.34. The molecule has 8 nitrogen and oxygen atoms in total. The van der Waals surface area contributed by atoms with Gasteiger partial charge in [-0.15, -0.1) is 0 Å². The Bertz CT molecular complexity index is 562. The molecule has 0 radical (unpaired) electrons. The molecule has 1 saturated heterocycles. The van der Waals surface area contributed by atoms with Crippen LogP contribution in [0, 0.1) is 17.0 Å². The number of carbonyl (C=O) groups is 1. The van der Waals surface area contributed by atoms with Crippen molar-refractivity contribution in [1.29, 1.82) is 0 Å². The third-order valence-corrected chi connectivity index (χ3v) is 3.37. The van der Waals surface area contributed by atoms with E-state index in [1.54, 1.807) is 21.9 Å². The van der Waals surface area contributed by atoms with Crippen LogP contribution < -0.4 is 5.73 Å². The van der Waals surface area contributed by atoms with Crippen molar-refractivity contribution in [3.05, 3.63) is 45.5 Å². The summed E-state index contributed by atoms with van der Waals surface area (Å²) in [4.78, 5) is 25.9. The van der Waals surface area contributed by atoms with Crippen molar-refractivity contribution in [3.63, 3.8) is 0 Å². The monoisotopic (exact) mass is 291 g/mol. The number of nitrogens with two attached hydrogens (primary N) is 1. The summed E-state index contributed by atoms with van der Waals surface area (Å²) < 4.78 is 0. The molecular formula is C13H17N5O3. The first-order valence-corrected chi connectivity index (χ1v) is 6.57. The zero-order valence-electron chi connectivity index (χ0n) is 11.7. The second-order valence-electron chi connectivity index (χ2n) is 4.84. The van der Waals surface area contributed by atoms with Gasteiger partial charge in [-0.3, -0.25) is 4.79 Å². The van der Waals surface area contributed by atoms with E-state index < -0.39 is 5.03 Å². The fraction of sp³-hybridized carbons (Fsp3) is 0.385. The maximum absolute atomic E-state index is 12.3. The number of hydrogen-bond acceptors (Lipinski definition) is 3. The molecule has 0 spiro atoms. The van der Waals surface area contributed by atoms with Gasteiger partial charge in [-0.25, -0.2) is 10.1 Å². The average Bonchev–Trinajstić information content (AvgIpc) is 2.47. The van der Waals surface area contributed by atoms with Crippen LogP contribution >= 0.6 is 0 Å². The maximum atomic E-state index is 12.3. The van der Waals surface area contributed by atoms with Gasteiger partial charge in [0, 0.05) is 31.7 Å². The van der Waals surface area contributed by atoms with E-state index in [4.69, 9.17) is 5.73 Å². The number of hydrogen-bond donors (Lipinski definition) is 1. The van der Waals surface area contributed by atoms with Crippen molar-refractivity contribution in [2.45, 2.75) is 6.92 Å². The molecule has 1 fully saturated rings. The van der Waals surface area contributed by atoms with Crippen molar-refractivity contribution in [3.8, 4) is 0 Å². The summed E-state index contributed by atoms with van der Waals surface area (Å²) in [7, 11) is 0. The molecular weight excluding hydrogens is 274 g/mol. The molecule has 0 unspecified atom stereocenters. The molecule has 0 aliphatic carbocycles. The standard InChI is InChI=1S/C13H17N5O3/c1-10-2-4-11(5-3-10)12(19)16-6-8-17(9-7-16)13(14)15-18(20)21/h2-5H,6-9H2,1H3,(H2,14,15). The molecule has 21 heavy (non-hydrogen) atoms. The highest BCUT2D eigenvalue weighted by atomic mass is 16.7. The second-order valence-corrected chi connectivity index (χ2v) is 4.84. The van der Waals surface area contributed by atoms with Crippen LogP contribution in [0.5, 0.6) is 0 Å². The van der Waals surface area contributed by atoms with E-state index in [9.17, 15) is 14.9 Å². The van der Waals surface area contributed by atoms with E-state index in [1.807, 2.05) is 19.1 Å². The summed E-state index contributed by atoms with van der Waals surface area (Å²) in [6, 6.07) is 7.38.